The van der Waals surface area contributed by atoms with Gasteiger partial charge in [-0.2, -0.15) is 0 Å². The topological polar surface area (TPSA) is 70.1 Å². The van der Waals surface area contributed by atoms with Crippen LogP contribution in [0.1, 0.15) is 19.8 Å². The van der Waals surface area contributed by atoms with Gasteiger partial charge in [0, 0.05) is 32.8 Å². The highest BCUT2D eigenvalue weighted by atomic mass is 16.5. The van der Waals surface area contributed by atoms with Crippen LogP contribution in [0.2, 0.25) is 0 Å². The van der Waals surface area contributed by atoms with E-state index >= 15 is 0 Å². The van der Waals surface area contributed by atoms with E-state index in [1.165, 1.54) is 0 Å². The van der Waals surface area contributed by atoms with Crippen LogP contribution < -0.4 is 0 Å². The number of carbonyl (C=O) groups is 2. The number of ether oxygens (including phenoxy) is 1. The monoisotopic (exact) mass is 256 g/mol. The van der Waals surface area contributed by atoms with E-state index in [2.05, 4.69) is 0 Å². The molecule has 2 saturated heterocycles. The summed E-state index contributed by atoms with van der Waals surface area (Å²) in [6.45, 7) is 4.66. The Bertz CT molecular complexity index is 326. The Morgan fingerprint density at radius 2 is 2.00 bits per heavy atom. The van der Waals surface area contributed by atoms with Crippen LogP contribution in [0.3, 0.4) is 0 Å². The summed E-state index contributed by atoms with van der Waals surface area (Å²) < 4.78 is 5.55. The van der Waals surface area contributed by atoms with E-state index in [9.17, 15) is 9.59 Å². The lowest BCUT2D eigenvalue weighted by atomic mass is 10.0. The van der Waals surface area contributed by atoms with Gasteiger partial charge in [0.1, 0.15) is 0 Å². The van der Waals surface area contributed by atoms with Crippen LogP contribution in [0.15, 0.2) is 0 Å². The highest BCUT2D eigenvalue weighted by Crippen LogP contribution is 2.20. The lowest BCUT2D eigenvalue weighted by Gasteiger charge is -2.42. The van der Waals surface area contributed by atoms with Gasteiger partial charge < -0.3 is 19.6 Å². The summed E-state index contributed by atoms with van der Waals surface area (Å²) in [4.78, 5) is 26.2. The van der Waals surface area contributed by atoms with Crippen molar-refractivity contribution >= 4 is 12.0 Å². The molecule has 2 aliphatic heterocycles. The highest BCUT2D eigenvalue weighted by molar-refractivity contribution is 5.80. The number of carboxylic acid groups (broad SMARTS) is 1. The number of hydrogen-bond acceptors (Lipinski definition) is 3. The molecule has 6 nitrogen and oxygen atoms in total. The molecule has 0 aromatic heterocycles. The maximum Gasteiger partial charge on any atom is 0.320 e. The third-order valence-electron chi connectivity index (χ3n) is 3.55. The second kappa shape index (κ2) is 5.56. The number of carbonyl (C=O) groups excluding carboxylic acids is 1. The van der Waals surface area contributed by atoms with Gasteiger partial charge in [-0.1, -0.05) is 0 Å². The maximum atomic E-state index is 12.1. The smallest absolute Gasteiger partial charge is 0.320 e. The first kappa shape index (κ1) is 13.1. The number of aliphatic carboxylic acids is 1. The number of urea groups is 1. The van der Waals surface area contributed by atoms with E-state index < -0.39 is 5.97 Å². The summed E-state index contributed by atoms with van der Waals surface area (Å²) in [5.74, 6) is -1.20. The minimum absolute atomic E-state index is 0.0445. The van der Waals surface area contributed by atoms with Crippen LogP contribution in [0.5, 0.6) is 0 Å². The molecule has 0 radical (unpaired) electrons. The van der Waals surface area contributed by atoms with Gasteiger partial charge in [-0.05, 0) is 19.8 Å². The average molecular weight is 256 g/mol. The molecular weight excluding hydrogens is 236 g/mol. The lowest BCUT2D eigenvalue weighted by molar-refractivity contribution is -0.146. The molecule has 0 saturated carbocycles. The summed E-state index contributed by atoms with van der Waals surface area (Å²) in [5.41, 5.74) is 0. The van der Waals surface area contributed by atoms with Crippen LogP contribution in [-0.2, 0) is 9.53 Å². The molecule has 2 fully saturated rings. The molecule has 2 rings (SSSR count). The van der Waals surface area contributed by atoms with Gasteiger partial charge in [0.15, 0.2) is 0 Å². The fourth-order valence-corrected chi connectivity index (χ4v) is 2.47. The lowest BCUT2D eigenvalue weighted by Crippen LogP contribution is -2.58. The van der Waals surface area contributed by atoms with Gasteiger partial charge in [-0.3, -0.25) is 4.79 Å². The van der Waals surface area contributed by atoms with E-state index in [1.807, 2.05) is 6.92 Å². The van der Waals surface area contributed by atoms with Crippen molar-refractivity contribution in [2.45, 2.75) is 25.9 Å². The van der Waals surface area contributed by atoms with Gasteiger partial charge in [0.05, 0.1) is 12.0 Å². The van der Waals surface area contributed by atoms with Crippen LogP contribution in [0.25, 0.3) is 0 Å². The molecule has 1 atom stereocenters. The summed E-state index contributed by atoms with van der Waals surface area (Å²) in [7, 11) is 0. The van der Waals surface area contributed by atoms with Crippen molar-refractivity contribution in [2.75, 3.05) is 32.8 Å². The van der Waals surface area contributed by atoms with Crippen LogP contribution >= 0.6 is 0 Å². The number of rotatable bonds is 3. The molecule has 2 amide bonds. The van der Waals surface area contributed by atoms with Gasteiger partial charge in [0.25, 0.3) is 0 Å². The molecule has 2 aliphatic rings. The van der Waals surface area contributed by atoms with Gasteiger partial charge >= 0.3 is 12.0 Å². The Morgan fingerprint density at radius 3 is 2.61 bits per heavy atom. The van der Waals surface area contributed by atoms with Crippen LogP contribution in [0.4, 0.5) is 4.79 Å². The zero-order chi connectivity index (χ0) is 13.1. The standard InChI is InChI=1S/C12H20N2O4/c1-2-18-10-4-3-5-13(8-10)12(17)14-6-9(7-14)11(15)16/h9-10H,2-8H2,1H3,(H,15,16). The van der Waals surface area contributed by atoms with E-state index in [0.29, 0.717) is 26.2 Å². The SMILES string of the molecule is CCOC1CCCN(C(=O)N2CC(C(=O)O)C2)C1. The molecule has 102 valence electrons. The fraction of sp³-hybridized carbons (Fsp3) is 0.833. The highest BCUT2D eigenvalue weighted by Gasteiger charge is 2.38. The van der Waals surface area contributed by atoms with Gasteiger partial charge in [0.2, 0.25) is 0 Å². The normalized spacial score (nSPS) is 24.8. The fourth-order valence-electron chi connectivity index (χ4n) is 2.47. The van der Waals surface area contributed by atoms with Gasteiger partial charge in [-0.25, -0.2) is 4.79 Å². The van der Waals surface area contributed by atoms with Crippen molar-refractivity contribution in [2.24, 2.45) is 5.92 Å². The molecule has 1 N–H and O–H groups in total. The second-order valence-electron chi connectivity index (χ2n) is 4.89. The minimum atomic E-state index is -0.815. The Hall–Kier alpha value is -1.30. The van der Waals surface area contributed by atoms with Crippen molar-refractivity contribution in [1.29, 1.82) is 0 Å². The molecule has 0 aromatic rings. The summed E-state index contributed by atoms with van der Waals surface area (Å²) in [6, 6.07) is -0.0445. The van der Waals surface area contributed by atoms with Crippen molar-refractivity contribution in [3.63, 3.8) is 0 Å². The summed E-state index contributed by atoms with van der Waals surface area (Å²) >= 11 is 0. The number of nitrogens with zero attached hydrogens (tertiary/aromatic N) is 2. The Balaban J connectivity index is 1.81. The summed E-state index contributed by atoms with van der Waals surface area (Å²) in [6.07, 6.45) is 2.08. The second-order valence-corrected chi connectivity index (χ2v) is 4.89. The maximum absolute atomic E-state index is 12.1. The quantitative estimate of drug-likeness (QED) is 0.803. The molecule has 1 unspecified atom stereocenters. The van der Waals surface area contributed by atoms with E-state index in [4.69, 9.17) is 9.84 Å². The molecule has 0 aromatic carbocycles. The molecule has 18 heavy (non-hydrogen) atoms. The number of hydrogen-bond donors (Lipinski definition) is 1. The zero-order valence-corrected chi connectivity index (χ0v) is 10.7. The van der Waals surface area contributed by atoms with Crippen LogP contribution in [-0.4, -0.2) is 65.8 Å². The van der Waals surface area contributed by atoms with Crippen molar-refractivity contribution in [3.8, 4) is 0 Å². The Kier molecular flexibility index (Phi) is 4.06. The predicted molar refractivity (Wildman–Crippen MR) is 64.3 cm³/mol. The van der Waals surface area contributed by atoms with E-state index in [0.717, 1.165) is 19.4 Å². The number of amides is 2. The number of likely N-dealkylation sites (tertiary alicyclic amines) is 2. The molecule has 0 aliphatic carbocycles. The minimum Gasteiger partial charge on any atom is -0.481 e. The van der Waals surface area contributed by atoms with E-state index in [-0.39, 0.29) is 18.1 Å². The van der Waals surface area contributed by atoms with Crippen LogP contribution in [0, 0.1) is 5.92 Å². The average Bonchev–Trinajstić information content (AvgIpc) is 2.27. The molecule has 2 heterocycles. The largest absolute Gasteiger partial charge is 0.481 e. The van der Waals surface area contributed by atoms with Crippen molar-refractivity contribution < 1.29 is 19.4 Å². The zero-order valence-electron chi connectivity index (χ0n) is 10.7. The van der Waals surface area contributed by atoms with Crippen molar-refractivity contribution in [1.82, 2.24) is 9.80 Å². The molecule has 0 bridgehead atoms. The first-order chi connectivity index (χ1) is 8.61. The van der Waals surface area contributed by atoms with Gasteiger partial charge in [-0.15, -0.1) is 0 Å². The Labute approximate surface area is 106 Å². The first-order valence-electron chi connectivity index (χ1n) is 6.50. The molecule has 0 spiro atoms. The Morgan fingerprint density at radius 1 is 1.28 bits per heavy atom. The number of piperidine rings is 1. The third-order valence-corrected chi connectivity index (χ3v) is 3.55. The number of carboxylic acids is 1. The van der Waals surface area contributed by atoms with Crippen molar-refractivity contribution in [3.05, 3.63) is 0 Å². The first-order valence-corrected chi connectivity index (χ1v) is 6.50. The summed E-state index contributed by atoms with van der Waals surface area (Å²) in [5, 5.41) is 8.78. The molecular formula is C12H20N2O4. The predicted octanol–water partition coefficient (Wildman–Crippen LogP) is 0.624. The third kappa shape index (κ3) is 2.75. The molecule has 6 heteroatoms. The van der Waals surface area contributed by atoms with E-state index in [1.54, 1.807) is 9.80 Å².